The highest BCUT2D eigenvalue weighted by atomic mass is 127. The summed E-state index contributed by atoms with van der Waals surface area (Å²) in [5.41, 5.74) is 1.18. The van der Waals surface area contributed by atoms with Crippen LogP contribution in [0.3, 0.4) is 0 Å². The van der Waals surface area contributed by atoms with Gasteiger partial charge in [-0.1, -0.05) is 37.8 Å². The zero-order chi connectivity index (χ0) is 19.8. The van der Waals surface area contributed by atoms with Crippen LogP contribution in [0, 0.1) is 6.92 Å². The van der Waals surface area contributed by atoms with E-state index in [1.165, 1.54) is 5.56 Å². The molecule has 0 atom stereocenters. The van der Waals surface area contributed by atoms with E-state index >= 15 is 0 Å². The Morgan fingerprint density at radius 1 is 0.966 bits per heavy atom. The molecular weight excluding hydrogens is 499 g/mol. The number of hydrogen-bond donors (Lipinski definition) is 1. The van der Waals surface area contributed by atoms with Gasteiger partial charge in [-0.3, -0.25) is 0 Å². The van der Waals surface area contributed by atoms with Crippen molar-refractivity contribution in [2.75, 3.05) is 39.3 Å². The van der Waals surface area contributed by atoms with Crippen LogP contribution in [0.1, 0.15) is 26.8 Å². The van der Waals surface area contributed by atoms with Crippen LogP contribution >= 0.6 is 0 Å². The molecule has 0 fully saturated rings. The van der Waals surface area contributed by atoms with E-state index in [2.05, 4.69) is 18.6 Å². The summed E-state index contributed by atoms with van der Waals surface area (Å²) in [6, 6.07) is 16.5. The summed E-state index contributed by atoms with van der Waals surface area (Å²) in [6.45, 7) is 10.8. The second kappa shape index (κ2) is 13.2. The van der Waals surface area contributed by atoms with E-state index in [1.54, 1.807) is 24.3 Å². The lowest BCUT2D eigenvalue weighted by Crippen LogP contribution is -3.00. The van der Waals surface area contributed by atoms with Crippen molar-refractivity contribution in [2.45, 2.75) is 33.1 Å². The quantitative estimate of drug-likeness (QED) is 0.344. The fraction of sp³-hybridized carbons (Fsp3) is 0.455. The van der Waals surface area contributed by atoms with Gasteiger partial charge < -0.3 is 33.2 Å². The van der Waals surface area contributed by atoms with Crippen LogP contribution in [0.25, 0.3) is 0 Å². The first kappa shape index (κ1) is 27.8. The number of rotatable bonds is 11. The molecule has 29 heavy (non-hydrogen) atoms. The maximum atomic E-state index is 12.4. The van der Waals surface area contributed by atoms with Crippen LogP contribution in [-0.2, 0) is 10.0 Å². The molecule has 0 unspecified atom stereocenters. The molecule has 7 heteroatoms. The number of likely N-dealkylation sites (N-methyl/N-ethyl adjacent to an activating group) is 1. The van der Waals surface area contributed by atoms with Crippen molar-refractivity contribution < 1.29 is 41.6 Å². The second-order valence-corrected chi connectivity index (χ2v) is 8.56. The number of ether oxygens (including phenoxy) is 1. The average Bonchev–Trinajstić information content (AvgIpc) is 2.67. The van der Waals surface area contributed by atoms with Gasteiger partial charge in [-0.15, -0.1) is 0 Å². The van der Waals surface area contributed by atoms with E-state index in [0.29, 0.717) is 18.0 Å². The number of nitrogens with one attached hydrogen (secondary N) is 1. The summed E-state index contributed by atoms with van der Waals surface area (Å²) < 4.78 is 34.2. The summed E-state index contributed by atoms with van der Waals surface area (Å²) in [5.74, 6) is 0.880. The molecule has 2 rings (SSSR count). The van der Waals surface area contributed by atoms with Gasteiger partial charge in [0.2, 0.25) is 10.0 Å². The van der Waals surface area contributed by atoms with Gasteiger partial charge >= 0.3 is 0 Å². The van der Waals surface area contributed by atoms with Gasteiger partial charge in [-0.05, 0) is 50.6 Å². The molecule has 1 N–H and O–H groups in total. The van der Waals surface area contributed by atoms with Crippen LogP contribution in [0.4, 0.5) is 0 Å². The maximum absolute atomic E-state index is 12.4. The monoisotopic (exact) mass is 534 g/mol. The first-order chi connectivity index (χ1) is 12.9. The Kier molecular flexibility index (Phi) is 12.7. The van der Waals surface area contributed by atoms with Crippen molar-refractivity contribution in [3.8, 4) is 5.75 Å². The predicted molar refractivity (Wildman–Crippen MR) is 116 cm³/mol. The lowest BCUT2D eigenvalue weighted by Gasteiger charge is -2.36. The number of hydrogen-bond acceptors (Lipinski definition) is 3. The highest BCUT2D eigenvalue weighted by molar-refractivity contribution is 7.89. The SMILES string of the molecule is C.CC[N+](CC)(CCNS(=O)(=O)c1ccccc1)CCOc1cccc(C)c1.[I-]. The minimum atomic E-state index is -3.46. The Hall–Kier alpha value is -1.16. The molecule has 0 saturated carbocycles. The number of benzene rings is 2. The lowest BCUT2D eigenvalue weighted by atomic mass is 10.2. The van der Waals surface area contributed by atoms with E-state index in [9.17, 15) is 8.42 Å². The molecule has 164 valence electrons. The van der Waals surface area contributed by atoms with Crippen LogP contribution < -0.4 is 33.4 Å². The molecular formula is C22H35IN2O3S. The van der Waals surface area contributed by atoms with Crippen molar-refractivity contribution in [1.29, 1.82) is 0 Å². The Balaban J connectivity index is 0.00000392. The van der Waals surface area contributed by atoms with Crippen LogP contribution in [-0.4, -0.2) is 52.2 Å². The molecule has 0 aromatic heterocycles. The van der Waals surface area contributed by atoms with Crippen molar-refractivity contribution in [2.24, 2.45) is 0 Å². The van der Waals surface area contributed by atoms with Gasteiger partial charge in [0.15, 0.2) is 0 Å². The molecule has 0 saturated heterocycles. The first-order valence-electron chi connectivity index (χ1n) is 9.50. The van der Waals surface area contributed by atoms with Crippen molar-refractivity contribution in [3.05, 3.63) is 60.2 Å². The Bertz CT molecular complexity index is 810. The molecule has 0 heterocycles. The first-order valence-corrected chi connectivity index (χ1v) is 11.0. The molecule has 0 aliphatic carbocycles. The summed E-state index contributed by atoms with van der Waals surface area (Å²) in [4.78, 5) is 0.305. The predicted octanol–water partition coefficient (Wildman–Crippen LogP) is 0.849. The third-order valence-electron chi connectivity index (χ3n) is 5.10. The van der Waals surface area contributed by atoms with Gasteiger partial charge in [-0.25, -0.2) is 13.1 Å². The van der Waals surface area contributed by atoms with Gasteiger partial charge in [-0.2, -0.15) is 0 Å². The lowest BCUT2D eigenvalue weighted by molar-refractivity contribution is -0.923. The van der Waals surface area contributed by atoms with Crippen molar-refractivity contribution >= 4 is 10.0 Å². The molecule has 0 radical (unpaired) electrons. The minimum Gasteiger partial charge on any atom is -1.00 e. The normalized spacial score (nSPS) is 11.3. The molecule has 0 aliphatic heterocycles. The molecule has 2 aromatic rings. The van der Waals surface area contributed by atoms with Gasteiger partial charge in [0, 0.05) is 0 Å². The summed E-state index contributed by atoms with van der Waals surface area (Å²) in [5, 5.41) is 0. The number of aryl methyl sites for hydroxylation is 1. The third kappa shape index (κ3) is 8.62. The van der Waals surface area contributed by atoms with E-state index in [-0.39, 0.29) is 31.4 Å². The molecule has 0 bridgehead atoms. The average molecular weight is 535 g/mol. The van der Waals surface area contributed by atoms with Gasteiger partial charge in [0.05, 0.1) is 31.1 Å². The van der Waals surface area contributed by atoms with E-state index in [4.69, 9.17) is 4.74 Å². The molecule has 0 spiro atoms. The van der Waals surface area contributed by atoms with Crippen LogP contribution in [0.5, 0.6) is 5.75 Å². The molecule has 0 amide bonds. The fourth-order valence-corrected chi connectivity index (χ4v) is 4.17. The van der Waals surface area contributed by atoms with E-state index < -0.39 is 10.0 Å². The van der Waals surface area contributed by atoms with Crippen LogP contribution in [0.2, 0.25) is 0 Å². The van der Waals surface area contributed by atoms with Crippen LogP contribution in [0.15, 0.2) is 59.5 Å². The highest BCUT2D eigenvalue weighted by Crippen LogP contribution is 2.14. The smallest absolute Gasteiger partial charge is 0.240 e. The fourth-order valence-electron chi connectivity index (χ4n) is 3.13. The van der Waals surface area contributed by atoms with E-state index in [1.807, 2.05) is 37.3 Å². The summed E-state index contributed by atoms with van der Waals surface area (Å²) >= 11 is 0. The van der Waals surface area contributed by atoms with E-state index in [0.717, 1.165) is 36.4 Å². The number of nitrogens with zero attached hydrogens (tertiary/aromatic N) is 1. The highest BCUT2D eigenvalue weighted by Gasteiger charge is 2.24. The Morgan fingerprint density at radius 2 is 1.62 bits per heavy atom. The zero-order valence-electron chi connectivity index (χ0n) is 16.9. The molecule has 0 aliphatic rings. The zero-order valence-corrected chi connectivity index (χ0v) is 19.9. The Labute approximate surface area is 194 Å². The molecule has 5 nitrogen and oxygen atoms in total. The maximum Gasteiger partial charge on any atom is 0.240 e. The van der Waals surface area contributed by atoms with Gasteiger partial charge in [0.1, 0.15) is 18.9 Å². The van der Waals surface area contributed by atoms with Gasteiger partial charge in [0.25, 0.3) is 0 Å². The second-order valence-electron chi connectivity index (χ2n) is 6.80. The van der Waals surface area contributed by atoms with Crippen molar-refractivity contribution in [1.82, 2.24) is 4.72 Å². The topological polar surface area (TPSA) is 55.4 Å². The number of quaternary nitrogens is 1. The number of sulfonamides is 1. The minimum absolute atomic E-state index is 0. The van der Waals surface area contributed by atoms with Crippen molar-refractivity contribution in [3.63, 3.8) is 0 Å². The largest absolute Gasteiger partial charge is 1.00 e. The standard InChI is InChI=1S/C21H31N2O3S.CH4.HI/c1-4-23(5-2,16-17-26-20-11-9-10-19(3)18-20)15-14-22-27(24,25)21-12-7-6-8-13-21;;/h6-13,18,22H,4-5,14-17H2,1-3H3;1H4;1H/q+1;;/p-1. The number of halogens is 1. The summed E-state index contributed by atoms with van der Waals surface area (Å²) in [6.07, 6.45) is 0. The third-order valence-corrected chi connectivity index (χ3v) is 6.57. The molecule has 2 aromatic carbocycles. The Morgan fingerprint density at radius 3 is 2.21 bits per heavy atom. The summed E-state index contributed by atoms with van der Waals surface area (Å²) in [7, 11) is -3.46.